The summed E-state index contributed by atoms with van der Waals surface area (Å²) in [5, 5.41) is 3.44. The van der Waals surface area contributed by atoms with Crippen molar-refractivity contribution in [2.45, 2.75) is 32.4 Å². The van der Waals surface area contributed by atoms with Gasteiger partial charge in [0.2, 0.25) is 0 Å². The lowest BCUT2D eigenvalue weighted by Crippen LogP contribution is -2.42. The lowest BCUT2D eigenvalue weighted by Gasteiger charge is -2.26. The first kappa shape index (κ1) is 12.3. The molecule has 0 aliphatic carbocycles. The zero-order valence-electron chi connectivity index (χ0n) is 8.44. The molecule has 1 aromatic rings. The summed E-state index contributed by atoms with van der Waals surface area (Å²) in [6.45, 7) is 5.11. The van der Waals surface area contributed by atoms with Crippen LogP contribution in [0.1, 0.15) is 25.1 Å². The Kier molecular flexibility index (Phi) is 4.71. The fraction of sp³-hybridized carbons (Fsp3) is 0.600. The Labute approximate surface area is 99.4 Å². The van der Waals surface area contributed by atoms with Gasteiger partial charge in [0.05, 0.1) is 4.34 Å². The molecule has 1 unspecified atom stereocenters. The van der Waals surface area contributed by atoms with Crippen LogP contribution in [-0.2, 0) is 6.54 Å². The maximum atomic E-state index is 5.90. The third-order valence-corrected chi connectivity index (χ3v) is 4.21. The van der Waals surface area contributed by atoms with Crippen molar-refractivity contribution in [2.24, 2.45) is 0 Å². The number of alkyl halides is 1. The lowest BCUT2D eigenvalue weighted by molar-refractivity contribution is 0.381. The number of hydrogen-bond donors (Lipinski definition) is 1. The first-order valence-corrected chi connectivity index (χ1v) is 6.38. The average Bonchev–Trinajstić information content (AvgIpc) is 2.61. The van der Waals surface area contributed by atoms with E-state index < -0.39 is 0 Å². The van der Waals surface area contributed by atoms with Gasteiger partial charge in [0.15, 0.2) is 0 Å². The third-order valence-electron chi connectivity index (χ3n) is 2.39. The van der Waals surface area contributed by atoms with E-state index >= 15 is 0 Å². The molecule has 1 N–H and O–H groups in total. The Morgan fingerprint density at radius 3 is 2.64 bits per heavy atom. The molecule has 0 aromatic carbocycles. The third kappa shape index (κ3) is 3.43. The SMILES string of the molecule is CCC(C)(CCl)NCc1ccc(Cl)s1. The fourth-order valence-corrected chi connectivity index (χ4v) is 2.32. The number of thiophene rings is 1. The van der Waals surface area contributed by atoms with Gasteiger partial charge in [-0.15, -0.1) is 22.9 Å². The predicted octanol–water partition coefficient (Wildman–Crippen LogP) is 3.90. The molecule has 1 heterocycles. The van der Waals surface area contributed by atoms with Crippen LogP contribution < -0.4 is 5.32 Å². The highest BCUT2D eigenvalue weighted by Gasteiger charge is 2.19. The predicted molar refractivity (Wildman–Crippen MR) is 65.6 cm³/mol. The molecule has 0 saturated carbocycles. The second-order valence-electron chi connectivity index (χ2n) is 3.61. The molecule has 0 aliphatic rings. The van der Waals surface area contributed by atoms with Crippen molar-refractivity contribution >= 4 is 34.5 Å². The van der Waals surface area contributed by atoms with E-state index in [9.17, 15) is 0 Å². The van der Waals surface area contributed by atoms with Crippen LogP contribution in [-0.4, -0.2) is 11.4 Å². The van der Waals surface area contributed by atoms with Gasteiger partial charge in [-0.2, -0.15) is 0 Å². The van der Waals surface area contributed by atoms with E-state index in [0.717, 1.165) is 17.3 Å². The van der Waals surface area contributed by atoms with Crippen molar-refractivity contribution < 1.29 is 0 Å². The van der Waals surface area contributed by atoms with Crippen LogP contribution in [0.3, 0.4) is 0 Å². The molecule has 4 heteroatoms. The summed E-state index contributed by atoms with van der Waals surface area (Å²) in [7, 11) is 0. The number of hydrogen-bond acceptors (Lipinski definition) is 2. The zero-order valence-corrected chi connectivity index (χ0v) is 10.8. The van der Waals surface area contributed by atoms with Gasteiger partial charge in [-0.3, -0.25) is 0 Å². The Balaban J connectivity index is 2.47. The summed E-state index contributed by atoms with van der Waals surface area (Å²) in [6, 6.07) is 3.97. The van der Waals surface area contributed by atoms with Crippen molar-refractivity contribution in [3.05, 3.63) is 21.3 Å². The smallest absolute Gasteiger partial charge is 0.0931 e. The van der Waals surface area contributed by atoms with Gasteiger partial charge in [-0.05, 0) is 25.5 Å². The van der Waals surface area contributed by atoms with Gasteiger partial charge in [-0.25, -0.2) is 0 Å². The van der Waals surface area contributed by atoms with Gasteiger partial charge in [0.1, 0.15) is 0 Å². The number of rotatable bonds is 5. The summed E-state index contributed by atoms with van der Waals surface area (Å²) in [5.41, 5.74) is 0.0258. The van der Waals surface area contributed by atoms with Crippen molar-refractivity contribution in [1.82, 2.24) is 5.32 Å². The summed E-state index contributed by atoms with van der Waals surface area (Å²) < 4.78 is 0.839. The van der Waals surface area contributed by atoms with E-state index in [-0.39, 0.29) is 5.54 Å². The largest absolute Gasteiger partial charge is 0.305 e. The minimum atomic E-state index is 0.0258. The molecule has 1 atom stereocenters. The van der Waals surface area contributed by atoms with E-state index in [1.165, 1.54) is 4.88 Å². The van der Waals surface area contributed by atoms with Crippen LogP contribution in [0.2, 0.25) is 4.34 Å². The maximum absolute atomic E-state index is 5.90. The van der Waals surface area contributed by atoms with Crippen LogP contribution in [0, 0.1) is 0 Å². The van der Waals surface area contributed by atoms with Crippen LogP contribution in [0.4, 0.5) is 0 Å². The second-order valence-corrected chi connectivity index (χ2v) is 5.67. The van der Waals surface area contributed by atoms with Gasteiger partial charge < -0.3 is 5.32 Å². The normalized spacial score (nSPS) is 15.4. The van der Waals surface area contributed by atoms with Crippen molar-refractivity contribution in [1.29, 1.82) is 0 Å². The molecule has 0 amide bonds. The van der Waals surface area contributed by atoms with E-state index in [0.29, 0.717) is 5.88 Å². The monoisotopic (exact) mass is 251 g/mol. The molecule has 0 radical (unpaired) electrons. The van der Waals surface area contributed by atoms with Gasteiger partial charge in [0, 0.05) is 22.8 Å². The van der Waals surface area contributed by atoms with Crippen LogP contribution in [0.15, 0.2) is 12.1 Å². The highest BCUT2D eigenvalue weighted by molar-refractivity contribution is 7.16. The Hall–Kier alpha value is 0.240. The summed E-state index contributed by atoms with van der Waals surface area (Å²) in [4.78, 5) is 1.25. The van der Waals surface area contributed by atoms with Crippen LogP contribution in [0.5, 0.6) is 0 Å². The van der Waals surface area contributed by atoms with Gasteiger partial charge >= 0.3 is 0 Å². The summed E-state index contributed by atoms with van der Waals surface area (Å²) in [6.07, 6.45) is 1.02. The van der Waals surface area contributed by atoms with Crippen LogP contribution >= 0.6 is 34.5 Å². The fourth-order valence-electron chi connectivity index (χ4n) is 1.01. The minimum Gasteiger partial charge on any atom is -0.305 e. The second kappa shape index (κ2) is 5.36. The highest BCUT2D eigenvalue weighted by atomic mass is 35.5. The van der Waals surface area contributed by atoms with Crippen molar-refractivity contribution in [2.75, 3.05) is 5.88 Å². The maximum Gasteiger partial charge on any atom is 0.0931 e. The Bertz CT molecular complexity index is 281. The van der Waals surface area contributed by atoms with E-state index in [1.54, 1.807) is 11.3 Å². The molecule has 1 nitrogen and oxygen atoms in total. The van der Waals surface area contributed by atoms with Crippen LogP contribution in [0.25, 0.3) is 0 Å². The molecule has 1 aromatic heterocycles. The van der Waals surface area contributed by atoms with Crippen molar-refractivity contribution in [3.8, 4) is 0 Å². The van der Waals surface area contributed by atoms with Gasteiger partial charge in [0.25, 0.3) is 0 Å². The van der Waals surface area contributed by atoms with E-state index in [2.05, 4.69) is 19.2 Å². The quantitative estimate of drug-likeness (QED) is 0.784. The Morgan fingerprint density at radius 1 is 1.50 bits per heavy atom. The molecule has 14 heavy (non-hydrogen) atoms. The average molecular weight is 252 g/mol. The first-order valence-electron chi connectivity index (χ1n) is 4.65. The molecular formula is C10H15Cl2NS. The summed E-state index contributed by atoms with van der Waals surface area (Å²) >= 11 is 13.3. The number of halogens is 2. The molecule has 0 fully saturated rings. The lowest BCUT2D eigenvalue weighted by atomic mass is 10.0. The first-order chi connectivity index (χ1) is 6.59. The molecule has 80 valence electrons. The van der Waals surface area contributed by atoms with Crippen molar-refractivity contribution in [3.63, 3.8) is 0 Å². The molecule has 0 saturated heterocycles. The molecule has 0 aliphatic heterocycles. The summed E-state index contributed by atoms with van der Waals surface area (Å²) in [5.74, 6) is 0.628. The van der Waals surface area contributed by atoms with E-state index in [1.807, 2.05) is 12.1 Å². The molecule has 0 bridgehead atoms. The molecule has 1 rings (SSSR count). The molecule has 0 spiro atoms. The standard InChI is InChI=1S/C10H15Cl2NS/c1-3-10(2,7-11)13-6-8-4-5-9(12)14-8/h4-5,13H,3,6-7H2,1-2H3. The van der Waals surface area contributed by atoms with E-state index in [4.69, 9.17) is 23.2 Å². The van der Waals surface area contributed by atoms with Gasteiger partial charge in [-0.1, -0.05) is 18.5 Å². The Morgan fingerprint density at radius 2 is 2.21 bits per heavy atom. The zero-order chi connectivity index (χ0) is 10.6. The molecular weight excluding hydrogens is 237 g/mol. The topological polar surface area (TPSA) is 12.0 Å². The highest BCUT2D eigenvalue weighted by Crippen LogP contribution is 2.22. The number of nitrogens with one attached hydrogen (secondary N) is 1. The minimum absolute atomic E-state index is 0.0258.